The van der Waals surface area contributed by atoms with E-state index < -0.39 is 35.0 Å². The first-order chi connectivity index (χ1) is 13.3. The topological polar surface area (TPSA) is 61.8 Å². The van der Waals surface area contributed by atoms with Gasteiger partial charge in [0.25, 0.3) is 5.60 Å². The Morgan fingerprint density at radius 3 is 2.18 bits per heavy atom. The van der Waals surface area contributed by atoms with Gasteiger partial charge in [-0.25, -0.2) is 9.59 Å². The summed E-state index contributed by atoms with van der Waals surface area (Å²) < 4.78 is 57.1. The van der Waals surface area contributed by atoms with Gasteiger partial charge in [0.05, 0.1) is 13.2 Å². The summed E-state index contributed by atoms with van der Waals surface area (Å²) >= 11 is 0. The second kappa shape index (κ2) is 7.18. The van der Waals surface area contributed by atoms with Crippen molar-refractivity contribution in [3.63, 3.8) is 0 Å². The van der Waals surface area contributed by atoms with E-state index in [4.69, 9.17) is 14.2 Å². The molecule has 3 rings (SSSR count). The zero-order chi connectivity index (χ0) is 20.5. The van der Waals surface area contributed by atoms with Gasteiger partial charge < -0.3 is 14.2 Å². The maximum Gasteiger partial charge on any atom is 0.437 e. The van der Waals surface area contributed by atoms with Crippen molar-refractivity contribution >= 4 is 22.7 Å². The van der Waals surface area contributed by atoms with Crippen LogP contribution in [-0.4, -0.2) is 31.3 Å². The summed E-state index contributed by atoms with van der Waals surface area (Å²) in [6.07, 6.45) is -5.02. The molecular weight excluding hydrogens is 377 g/mol. The molecule has 0 spiro atoms. The summed E-state index contributed by atoms with van der Waals surface area (Å²) in [5.74, 6) is -3.21. The number of fused-ring (bicyclic) bond motifs is 1. The summed E-state index contributed by atoms with van der Waals surface area (Å²) in [6, 6.07) is 10.8. The third kappa shape index (κ3) is 2.98. The number of carbonyl (C=O) groups excluding carboxylic acids is 2. The Bertz CT molecular complexity index is 964. The predicted octanol–water partition coefficient (Wildman–Crippen LogP) is 4.01. The molecule has 0 saturated heterocycles. The molecule has 148 valence electrons. The van der Waals surface area contributed by atoms with Crippen LogP contribution in [-0.2, 0) is 29.4 Å². The number of rotatable bonds is 5. The molecule has 1 heterocycles. The summed E-state index contributed by atoms with van der Waals surface area (Å²) in [7, 11) is 0. The van der Waals surface area contributed by atoms with Gasteiger partial charge in [-0.3, -0.25) is 0 Å². The van der Waals surface area contributed by atoms with Crippen molar-refractivity contribution in [1.82, 2.24) is 0 Å². The molecule has 1 aliphatic heterocycles. The normalized spacial score (nSPS) is 19.0. The van der Waals surface area contributed by atoms with Gasteiger partial charge in [-0.05, 0) is 30.7 Å². The molecule has 8 heteroatoms. The third-order valence-electron chi connectivity index (χ3n) is 4.33. The number of hydrogen-bond acceptors (Lipinski definition) is 5. The number of carbonyl (C=O) groups is 2. The molecule has 1 atom stereocenters. The summed E-state index contributed by atoms with van der Waals surface area (Å²) in [6.45, 7) is 2.69. The number of hydrogen-bond donors (Lipinski definition) is 0. The van der Waals surface area contributed by atoms with Crippen molar-refractivity contribution in [3.05, 3.63) is 59.4 Å². The van der Waals surface area contributed by atoms with E-state index in [2.05, 4.69) is 0 Å². The Morgan fingerprint density at radius 1 is 0.964 bits per heavy atom. The van der Waals surface area contributed by atoms with Gasteiger partial charge >= 0.3 is 18.1 Å². The van der Waals surface area contributed by atoms with Crippen molar-refractivity contribution in [2.75, 3.05) is 13.2 Å². The van der Waals surface area contributed by atoms with E-state index in [9.17, 15) is 22.8 Å². The van der Waals surface area contributed by atoms with Crippen molar-refractivity contribution in [2.45, 2.75) is 25.6 Å². The molecule has 2 aromatic carbocycles. The average molecular weight is 394 g/mol. The van der Waals surface area contributed by atoms with E-state index >= 15 is 0 Å². The van der Waals surface area contributed by atoms with Gasteiger partial charge in [-0.15, -0.1) is 0 Å². The van der Waals surface area contributed by atoms with Crippen LogP contribution in [0.25, 0.3) is 10.8 Å². The van der Waals surface area contributed by atoms with E-state index in [1.165, 1.54) is 32.0 Å². The van der Waals surface area contributed by atoms with Crippen LogP contribution in [0.5, 0.6) is 0 Å². The van der Waals surface area contributed by atoms with E-state index in [0.717, 1.165) is 5.39 Å². The van der Waals surface area contributed by atoms with E-state index in [-0.39, 0.29) is 18.8 Å². The Labute approximate surface area is 158 Å². The molecule has 5 nitrogen and oxygen atoms in total. The fourth-order valence-corrected chi connectivity index (χ4v) is 3.12. The summed E-state index contributed by atoms with van der Waals surface area (Å²) in [5.41, 5.74) is -4.34. The van der Waals surface area contributed by atoms with Gasteiger partial charge in [0, 0.05) is 5.56 Å². The van der Waals surface area contributed by atoms with Crippen LogP contribution in [0.15, 0.2) is 53.8 Å². The highest BCUT2D eigenvalue weighted by atomic mass is 19.4. The van der Waals surface area contributed by atoms with E-state index in [1.807, 2.05) is 0 Å². The lowest BCUT2D eigenvalue weighted by Gasteiger charge is -2.44. The zero-order valence-electron chi connectivity index (χ0n) is 15.1. The number of ether oxygens (including phenoxy) is 3. The molecule has 0 aliphatic carbocycles. The molecule has 1 unspecified atom stereocenters. The highest BCUT2D eigenvalue weighted by Crippen LogP contribution is 2.56. The predicted molar refractivity (Wildman–Crippen MR) is 93.1 cm³/mol. The summed E-state index contributed by atoms with van der Waals surface area (Å²) in [5, 5.41) is 1.25. The van der Waals surface area contributed by atoms with Crippen LogP contribution in [0.2, 0.25) is 0 Å². The lowest BCUT2D eigenvalue weighted by molar-refractivity contribution is -0.278. The fourth-order valence-electron chi connectivity index (χ4n) is 3.12. The average Bonchev–Trinajstić information content (AvgIpc) is 2.60. The minimum Gasteiger partial charge on any atom is -0.462 e. The first-order valence-corrected chi connectivity index (χ1v) is 8.60. The number of esters is 2. The minimum absolute atomic E-state index is 0.0865. The van der Waals surface area contributed by atoms with Crippen molar-refractivity contribution < 1.29 is 37.0 Å². The van der Waals surface area contributed by atoms with Crippen LogP contribution in [0.4, 0.5) is 13.2 Å². The Hall–Kier alpha value is -3.03. The van der Waals surface area contributed by atoms with Gasteiger partial charge in [0.15, 0.2) is 0 Å². The molecule has 0 saturated carbocycles. The van der Waals surface area contributed by atoms with Gasteiger partial charge in [0.2, 0.25) is 5.76 Å². The number of halogens is 3. The molecule has 0 amide bonds. The first kappa shape index (κ1) is 19.7. The summed E-state index contributed by atoms with van der Waals surface area (Å²) in [4.78, 5) is 24.4. The highest BCUT2D eigenvalue weighted by Gasteiger charge is 2.71. The van der Waals surface area contributed by atoms with Crippen LogP contribution < -0.4 is 0 Å². The third-order valence-corrected chi connectivity index (χ3v) is 4.33. The van der Waals surface area contributed by atoms with Crippen LogP contribution in [0.1, 0.15) is 19.4 Å². The second-order valence-corrected chi connectivity index (χ2v) is 5.99. The standard InChI is InChI=1S/C20H17F3O5/c1-3-26-17(24)15-16(18(25)27-4-2)28-19(15,20(21,22)23)14-10-9-12-7-5-6-8-13(12)11-14/h5-11H,3-4H2,1-2H3. The molecule has 0 aromatic heterocycles. The van der Waals surface area contributed by atoms with Gasteiger partial charge in [-0.1, -0.05) is 36.4 Å². The SMILES string of the molecule is CCOC(=O)C1=C(C(=O)OCC)C(c2ccc3ccccc3c2)(C(F)(F)F)O1. The Kier molecular flexibility index (Phi) is 5.06. The molecular formula is C20H17F3O5. The molecule has 0 N–H and O–H groups in total. The molecule has 0 bridgehead atoms. The van der Waals surface area contributed by atoms with Crippen molar-refractivity contribution in [1.29, 1.82) is 0 Å². The van der Waals surface area contributed by atoms with Gasteiger partial charge in [0.1, 0.15) is 5.57 Å². The number of benzene rings is 2. The molecule has 0 fully saturated rings. The number of alkyl halides is 3. The van der Waals surface area contributed by atoms with Crippen LogP contribution >= 0.6 is 0 Å². The largest absolute Gasteiger partial charge is 0.462 e. The molecule has 0 radical (unpaired) electrons. The maximum atomic E-state index is 14.2. The van der Waals surface area contributed by atoms with Crippen molar-refractivity contribution in [2.24, 2.45) is 0 Å². The molecule has 2 aromatic rings. The molecule has 28 heavy (non-hydrogen) atoms. The molecule has 1 aliphatic rings. The zero-order valence-corrected chi connectivity index (χ0v) is 15.1. The van der Waals surface area contributed by atoms with E-state index in [1.54, 1.807) is 24.3 Å². The lowest BCUT2D eigenvalue weighted by Crippen LogP contribution is -2.56. The van der Waals surface area contributed by atoms with Crippen LogP contribution in [0.3, 0.4) is 0 Å². The monoisotopic (exact) mass is 394 g/mol. The Morgan fingerprint density at radius 2 is 1.57 bits per heavy atom. The van der Waals surface area contributed by atoms with Crippen molar-refractivity contribution in [3.8, 4) is 0 Å². The maximum absolute atomic E-state index is 14.2. The smallest absolute Gasteiger partial charge is 0.437 e. The lowest BCUT2D eigenvalue weighted by atomic mass is 9.79. The quantitative estimate of drug-likeness (QED) is 0.718. The highest BCUT2D eigenvalue weighted by molar-refractivity contribution is 6.03. The fraction of sp³-hybridized carbons (Fsp3) is 0.300. The van der Waals surface area contributed by atoms with Crippen LogP contribution in [0, 0.1) is 0 Å². The Balaban J connectivity index is 2.23. The first-order valence-electron chi connectivity index (χ1n) is 8.60. The van der Waals surface area contributed by atoms with Gasteiger partial charge in [-0.2, -0.15) is 13.2 Å². The van der Waals surface area contributed by atoms with E-state index in [0.29, 0.717) is 5.39 Å². The minimum atomic E-state index is -5.02. The second-order valence-electron chi connectivity index (χ2n) is 5.99.